The Hall–Kier alpha value is -0.240. The summed E-state index contributed by atoms with van der Waals surface area (Å²) in [4.78, 5) is 10.1. The zero-order valence-corrected chi connectivity index (χ0v) is 7.48. The van der Waals surface area contributed by atoms with Crippen LogP contribution < -0.4 is 0 Å². The van der Waals surface area contributed by atoms with Gasteiger partial charge in [0.1, 0.15) is 12.2 Å². The Bertz CT molecular complexity index is 262. The molecule has 9 heteroatoms. The minimum absolute atomic E-state index is 0.847. The molecule has 80 valence electrons. The predicted molar refractivity (Wildman–Crippen MR) is 37.3 cm³/mol. The van der Waals surface area contributed by atoms with E-state index in [4.69, 9.17) is 11.6 Å². The highest BCUT2D eigenvalue weighted by Gasteiger charge is 2.70. The van der Waals surface area contributed by atoms with Crippen molar-refractivity contribution >= 4 is 27.8 Å². The van der Waals surface area contributed by atoms with Crippen LogP contribution in [0.2, 0.25) is 0 Å². The van der Waals surface area contributed by atoms with E-state index in [2.05, 4.69) is 4.74 Å². The Balaban J connectivity index is 2.77. The molecule has 0 aromatic heterocycles. The van der Waals surface area contributed by atoms with Crippen molar-refractivity contribution in [3.8, 4) is 0 Å². The van der Waals surface area contributed by atoms with Gasteiger partial charge in [-0.05, 0) is 0 Å². The summed E-state index contributed by atoms with van der Waals surface area (Å²) in [5, 5.41) is -2.60. The fraction of sp³-hybridized carbons (Fsp3) is 0.750. The fourth-order valence-electron chi connectivity index (χ4n) is 0.899. The molecule has 1 rings (SSSR count). The van der Waals surface area contributed by atoms with Gasteiger partial charge in [-0.3, -0.25) is 4.79 Å². The molecule has 1 heterocycles. The molecule has 1 aliphatic rings. The molecule has 1 aliphatic heterocycles. The Labute approximate surface area is 74.7 Å². The fourth-order valence-corrected chi connectivity index (χ4v) is 2.69. The molecule has 0 saturated carbocycles. The van der Waals surface area contributed by atoms with Gasteiger partial charge < -0.3 is 4.74 Å². The van der Waals surface area contributed by atoms with Gasteiger partial charge in [0.15, 0.2) is 0 Å². The predicted octanol–water partition coefficient (Wildman–Crippen LogP) is 3.17. The zero-order valence-electron chi connectivity index (χ0n) is 5.91. The lowest BCUT2D eigenvalue weighted by Gasteiger charge is -2.47. The smallest absolute Gasteiger partial charge is 0.313 e. The van der Waals surface area contributed by atoms with Gasteiger partial charge in [0.25, 0.3) is 10.2 Å². The minimum Gasteiger partial charge on any atom is -0.441 e. The summed E-state index contributed by atoms with van der Waals surface area (Å²) < 4.78 is 62.7. The van der Waals surface area contributed by atoms with Crippen LogP contribution in [0.4, 0.5) is 19.4 Å². The lowest BCUT2D eigenvalue weighted by molar-refractivity contribution is -0.173. The summed E-state index contributed by atoms with van der Waals surface area (Å²) >= 11 is 4.95. The number of hydrogen-bond acceptors (Lipinski definition) is 2. The van der Waals surface area contributed by atoms with E-state index in [0.29, 0.717) is 0 Å². The Morgan fingerprint density at radius 2 is 1.77 bits per heavy atom. The molecule has 0 spiro atoms. The summed E-state index contributed by atoms with van der Waals surface area (Å²) in [5.41, 5.74) is 0. The van der Waals surface area contributed by atoms with Crippen LogP contribution in [0, 0.1) is 0 Å². The molecule has 0 aromatic carbocycles. The molecule has 2 nitrogen and oxygen atoms in total. The number of alkyl halides is 1. The van der Waals surface area contributed by atoms with Gasteiger partial charge in [0.05, 0.1) is 0 Å². The summed E-state index contributed by atoms with van der Waals surface area (Å²) in [6, 6.07) is 0. The summed E-state index contributed by atoms with van der Waals surface area (Å²) in [6.45, 7) is 0. The number of cyclic esters (lactones) is 1. The number of esters is 1. The first-order valence-corrected chi connectivity index (χ1v) is 5.42. The van der Waals surface area contributed by atoms with Crippen molar-refractivity contribution in [3.63, 3.8) is 0 Å². The molecule has 0 aliphatic carbocycles. The molecule has 1 saturated heterocycles. The van der Waals surface area contributed by atoms with Gasteiger partial charge in [-0.1, -0.05) is 31.0 Å². The maximum absolute atomic E-state index is 11.8. The normalized spacial score (nSPS) is 34.2. The van der Waals surface area contributed by atoms with Gasteiger partial charge in [-0.15, -0.1) is 0 Å². The van der Waals surface area contributed by atoms with E-state index in [-0.39, 0.29) is 0 Å². The number of ether oxygens (including phenoxy) is 1. The van der Waals surface area contributed by atoms with E-state index in [9.17, 15) is 24.2 Å². The quantitative estimate of drug-likeness (QED) is 0.425. The van der Waals surface area contributed by atoms with Crippen LogP contribution >= 0.6 is 21.8 Å². The van der Waals surface area contributed by atoms with E-state index in [1.807, 2.05) is 0 Å². The van der Waals surface area contributed by atoms with Crippen LogP contribution in [0.5, 0.6) is 0 Å². The van der Waals surface area contributed by atoms with E-state index in [1.54, 1.807) is 0 Å². The van der Waals surface area contributed by atoms with Gasteiger partial charge >= 0.3 is 5.97 Å². The Kier molecular flexibility index (Phi) is 1.59. The van der Waals surface area contributed by atoms with Crippen LogP contribution in [0.1, 0.15) is 6.42 Å². The molecule has 1 atom stereocenters. The van der Waals surface area contributed by atoms with Crippen molar-refractivity contribution in [3.05, 3.63) is 0 Å². The SMILES string of the molecule is O=C1CC(Cl)(CS(F)(F)(F)(F)F)O1. The third-order valence-corrected chi connectivity index (χ3v) is 2.71. The van der Waals surface area contributed by atoms with Crippen molar-refractivity contribution < 1.29 is 29.0 Å². The Morgan fingerprint density at radius 1 is 1.38 bits per heavy atom. The highest BCUT2D eigenvalue weighted by atomic mass is 35.5. The molecule has 0 N–H and O–H groups in total. The molecular formula is C4H4ClF5O2S. The van der Waals surface area contributed by atoms with Crippen molar-refractivity contribution in [2.45, 2.75) is 11.5 Å². The van der Waals surface area contributed by atoms with Crippen molar-refractivity contribution in [1.29, 1.82) is 0 Å². The molecule has 13 heavy (non-hydrogen) atoms. The lowest BCUT2D eigenvalue weighted by atomic mass is 10.2. The summed E-state index contributed by atoms with van der Waals surface area (Å²) in [6.07, 6.45) is -0.847. The second kappa shape index (κ2) is 1.90. The number of carbonyl (C=O) groups excluding carboxylic acids is 1. The molecule has 0 aromatic rings. The molecular weight excluding hydrogens is 243 g/mol. The average molecular weight is 247 g/mol. The first kappa shape index (κ1) is 10.8. The Morgan fingerprint density at radius 3 is 2.00 bits per heavy atom. The first-order valence-electron chi connectivity index (χ1n) is 2.92. The third-order valence-electron chi connectivity index (χ3n) is 1.19. The van der Waals surface area contributed by atoms with E-state index < -0.39 is 33.4 Å². The highest BCUT2D eigenvalue weighted by Crippen LogP contribution is 2.98. The minimum atomic E-state index is -9.59. The number of rotatable bonds is 2. The van der Waals surface area contributed by atoms with Crippen LogP contribution in [-0.4, -0.2) is 16.8 Å². The highest BCUT2D eigenvalue weighted by molar-refractivity contribution is 8.45. The van der Waals surface area contributed by atoms with Crippen molar-refractivity contribution in [1.82, 2.24) is 0 Å². The van der Waals surface area contributed by atoms with Gasteiger partial charge in [-0.2, -0.15) is 0 Å². The first-order chi connectivity index (χ1) is 5.28. The van der Waals surface area contributed by atoms with Gasteiger partial charge in [0, 0.05) is 0 Å². The standard InChI is InChI=1S/C4H4ClF5O2S/c5-4(1-3(11)12-4)2-13(6,7,8,9)10/h1-2H2. The van der Waals surface area contributed by atoms with Crippen LogP contribution in [-0.2, 0) is 9.53 Å². The van der Waals surface area contributed by atoms with Crippen LogP contribution in [0.15, 0.2) is 0 Å². The van der Waals surface area contributed by atoms with E-state index >= 15 is 0 Å². The maximum Gasteiger partial charge on any atom is 0.313 e. The molecule has 0 bridgehead atoms. The van der Waals surface area contributed by atoms with E-state index in [0.717, 1.165) is 0 Å². The van der Waals surface area contributed by atoms with Crippen molar-refractivity contribution in [2.75, 3.05) is 5.75 Å². The van der Waals surface area contributed by atoms with Crippen LogP contribution in [0.25, 0.3) is 0 Å². The summed E-state index contributed by atoms with van der Waals surface area (Å²) in [5.74, 6) is -3.59. The molecule has 0 amide bonds. The van der Waals surface area contributed by atoms with Gasteiger partial charge in [-0.25, -0.2) is 0 Å². The third kappa shape index (κ3) is 3.55. The molecule has 1 fully saturated rings. The number of hydrogen-bond donors (Lipinski definition) is 0. The molecule has 1 unspecified atom stereocenters. The second-order valence-corrected chi connectivity index (χ2v) is 6.04. The summed E-state index contributed by atoms with van der Waals surface area (Å²) in [7, 11) is -9.59. The molecule has 0 radical (unpaired) electrons. The zero-order chi connectivity index (χ0) is 10.6. The largest absolute Gasteiger partial charge is 0.441 e. The average Bonchev–Trinajstić information content (AvgIpc) is 1.47. The van der Waals surface area contributed by atoms with E-state index in [1.165, 1.54) is 0 Å². The monoisotopic (exact) mass is 246 g/mol. The number of halogens is 6. The number of carbonyl (C=O) groups is 1. The maximum atomic E-state index is 11.8. The van der Waals surface area contributed by atoms with Gasteiger partial charge in [0.2, 0.25) is 5.06 Å². The lowest BCUT2D eigenvalue weighted by Crippen LogP contribution is -2.48. The van der Waals surface area contributed by atoms with Crippen molar-refractivity contribution in [2.24, 2.45) is 0 Å². The second-order valence-electron chi connectivity index (χ2n) is 2.81. The topological polar surface area (TPSA) is 26.3 Å². The van der Waals surface area contributed by atoms with Crippen LogP contribution in [0.3, 0.4) is 0 Å².